The van der Waals surface area contributed by atoms with Gasteiger partial charge in [0.1, 0.15) is 0 Å². The van der Waals surface area contributed by atoms with Crippen molar-refractivity contribution in [2.75, 3.05) is 39.6 Å². The Kier molecular flexibility index (Phi) is 14.8. The maximum absolute atomic E-state index is 8.50. The molecule has 1 unspecified atom stereocenters. The zero-order valence-corrected chi connectivity index (χ0v) is 12.0. The molecular weight excluding hydrogens is 232 g/mol. The van der Waals surface area contributed by atoms with Crippen LogP contribution in [-0.4, -0.2) is 50.9 Å². The minimum absolute atomic E-state index is 0.0687. The Balaban J connectivity index is 3.31. The summed E-state index contributed by atoms with van der Waals surface area (Å²) >= 11 is 0. The molecule has 0 bridgehead atoms. The summed E-state index contributed by atoms with van der Waals surface area (Å²) in [4.78, 5) is 0. The van der Waals surface area contributed by atoms with Gasteiger partial charge < -0.3 is 19.3 Å². The predicted molar refractivity (Wildman–Crippen MR) is 72.9 cm³/mol. The van der Waals surface area contributed by atoms with E-state index in [9.17, 15) is 0 Å². The maximum atomic E-state index is 8.50. The van der Waals surface area contributed by atoms with Gasteiger partial charge in [-0.15, -0.1) is 0 Å². The Labute approximate surface area is 112 Å². The van der Waals surface area contributed by atoms with Crippen molar-refractivity contribution in [1.82, 2.24) is 0 Å². The lowest BCUT2D eigenvalue weighted by Gasteiger charge is -2.17. The monoisotopic (exact) mass is 262 g/mol. The van der Waals surface area contributed by atoms with Crippen LogP contribution in [0.5, 0.6) is 0 Å². The van der Waals surface area contributed by atoms with Gasteiger partial charge >= 0.3 is 0 Å². The Morgan fingerprint density at radius 3 is 2.11 bits per heavy atom. The summed E-state index contributed by atoms with van der Waals surface area (Å²) in [5.74, 6) is 0. The topological polar surface area (TPSA) is 47.9 Å². The van der Waals surface area contributed by atoms with E-state index in [-0.39, 0.29) is 6.61 Å². The normalized spacial score (nSPS) is 12.8. The summed E-state index contributed by atoms with van der Waals surface area (Å²) in [6, 6.07) is 0. The summed E-state index contributed by atoms with van der Waals surface area (Å²) in [5.41, 5.74) is 0. The van der Waals surface area contributed by atoms with Crippen LogP contribution < -0.4 is 0 Å². The molecule has 0 heterocycles. The molecule has 0 aromatic rings. The highest BCUT2D eigenvalue weighted by atomic mass is 16.5. The molecule has 110 valence electrons. The Morgan fingerprint density at radius 2 is 1.50 bits per heavy atom. The van der Waals surface area contributed by atoms with E-state index < -0.39 is 0 Å². The molecule has 0 aromatic carbocycles. The average Bonchev–Trinajstić information content (AvgIpc) is 2.39. The summed E-state index contributed by atoms with van der Waals surface area (Å²) < 4.78 is 16.3. The molecule has 18 heavy (non-hydrogen) atoms. The lowest BCUT2D eigenvalue weighted by molar-refractivity contribution is -0.0193. The molecule has 0 aromatic heterocycles. The van der Waals surface area contributed by atoms with Gasteiger partial charge in [0, 0.05) is 0 Å². The molecule has 0 aliphatic rings. The third kappa shape index (κ3) is 12.3. The van der Waals surface area contributed by atoms with Crippen LogP contribution in [0, 0.1) is 0 Å². The highest BCUT2D eigenvalue weighted by molar-refractivity contribution is 4.57. The van der Waals surface area contributed by atoms with Crippen LogP contribution in [0.4, 0.5) is 0 Å². The number of ether oxygens (including phenoxy) is 3. The fourth-order valence-electron chi connectivity index (χ4n) is 1.73. The molecule has 0 fully saturated rings. The highest BCUT2D eigenvalue weighted by Gasteiger charge is 2.06. The van der Waals surface area contributed by atoms with E-state index in [4.69, 9.17) is 19.3 Å². The number of hydrogen-bond donors (Lipinski definition) is 1. The molecule has 0 aliphatic carbocycles. The molecule has 4 nitrogen and oxygen atoms in total. The zero-order valence-electron chi connectivity index (χ0n) is 12.0. The van der Waals surface area contributed by atoms with Crippen molar-refractivity contribution in [1.29, 1.82) is 0 Å². The van der Waals surface area contributed by atoms with E-state index in [1.54, 1.807) is 0 Å². The van der Waals surface area contributed by atoms with Gasteiger partial charge in [-0.05, 0) is 12.8 Å². The minimum Gasteiger partial charge on any atom is -0.394 e. The van der Waals surface area contributed by atoms with E-state index in [1.165, 1.54) is 19.3 Å². The van der Waals surface area contributed by atoms with E-state index in [2.05, 4.69) is 13.8 Å². The van der Waals surface area contributed by atoms with Crippen molar-refractivity contribution in [3.8, 4) is 0 Å². The minimum atomic E-state index is 0.0687. The van der Waals surface area contributed by atoms with Crippen molar-refractivity contribution < 1.29 is 19.3 Å². The number of aliphatic hydroxyl groups excluding tert-OH is 1. The molecule has 0 aliphatic heterocycles. The second kappa shape index (κ2) is 14.9. The molecule has 1 N–H and O–H groups in total. The first-order valence-corrected chi connectivity index (χ1v) is 7.23. The van der Waals surface area contributed by atoms with E-state index >= 15 is 0 Å². The van der Waals surface area contributed by atoms with Crippen molar-refractivity contribution in [2.45, 2.75) is 52.1 Å². The molecule has 4 heteroatoms. The third-order valence-corrected chi connectivity index (χ3v) is 2.68. The fraction of sp³-hybridized carbons (Fsp3) is 1.00. The first-order valence-electron chi connectivity index (χ1n) is 7.23. The maximum Gasteiger partial charge on any atom is 0.0704 e. The van der Waals surface area contributed by atoms with Crippen molar-refractivity contribution in [2.24, 2.45) is 0 Å². The van der Waals surface area contributed by atoms with Crippen LogP contribution in [0.3, 0.4) is 0 Å². The molecule has 0 rings (SSSR count). The number of unbranched alkanes of at least 4 members (excludes halogenated alkanes) is 1. The van der Waals surface area contributed by atoms with E-state index in [1.807, 2.05) is 0 Å². The number of hydrogen-bond acceptors (Lipinski definition) is 4. The predicted octanol–water partition coefficient (Wildman–Crippen LogP) is 2.39. The third-order valence-electron chi connectivity index (χ3n) is 2.68. The zero-order chi connectivity index (χ0) is 13.5. The van der Waals surface area contributed by atoms with Crippen molar-refractivity contribution in [3.63, 3.8) is 0 Å². The lowest BCUT2D eigenvalue weighted by atomic mass is 10.1. The van der Waals surface area contributed by atoms with Crippen LogP contribution in [0.2, 0.25) is 0 Å². The van der Waals surface area contributed by atoms with Crippen LogP contribution >= 0.6 is 0 Å². The van der Waals surface area contributed by atoms with Crippen LogP contribution in [-0.2, 0) is 14.2 Å². The van der Waals surface area contributed by atoms with Crippen LogP contribution in [0.25, 0.3) is 0 Å². The molecule has 0 spiro atoms. The Hall–Kier alpha value is -0.160. The quantitative estimate of drug-likeness (QED) is 0.488. The van der Waals surface area contributed by atoms with Gasteiger partial charge in [-0.2, -0.15) is 0 Å². The van der Waals surface area contributed by atoms with Gasteiger partial charge in [-0.25, -0.2) is 0 Å². The van der Waals surface area contributed by atoms with Gasteiger partial charge in [-0.1, -0.05) is 33.1 Å². The van der Waals surface area contributed by atoms with Crippen LogP contribution in [0.1, 0.15) is 46.0 Å². The molecule has 0 amide bonds. The first-order chi connectivity index (χ1) is 8.85. The van der Waals surface area contributed by atoms with E-state index in [0.29, 0.717) is 39.1 Å². The van der Waals surface area contributed by atoms with Gasteiger partial charge in [0.2, 0.25) is 0 Å². The average molecular weight is 262 g/mol. The van der Waals surface area contributed by atoms with Gasteiger partial charge in [0.15, 0.2) is 0 Å². The summed E-state index contributed by atoms with van der Waals surface area (Å²) in [5, 5.41) is 8.50. The van der Waals surface area contributed by atoms with Crippen LogP contribution in [0.15, 0.2) is 0 Å². The standard InChI is InChI=1S/C14H30O4/c1-3-5-7-14(6-4-2)18-13-12-17-11-10-16-9-8-15/h14-15H,3-13H2,1-2H3. The summed E-state index contributed by atoms with van der Waals surface area (Å²) in [6.07, 6.45) is 6.32. The summed E-state index contributed by atoms with van der Waals surface area (Å²) in [7, 11) is 0. The van der Waals surface area contributed by atoms with Gasteiger partial charge in [0.05, 0.1) is 45.7 Å². The van der Waals surface area contributed by atoms with Gasteiger partial charge in [-0.3, -0.25) is 0 Å². The molecule has 0 radical (unpaired) electrons. The molecule has 0 saturated heterocycles. The lowest BCUT2D eigenvalue weighted by Crippen LogP contribution is -2.17. The first kappa shape index (κ1) is 17.8. The smallest absolute Gasteiger partial charge is 0.0704 e. The number of rotatable bonds is 14. The molecular formula is C14H30O4. The molecule has 0 saturated carbocycles. The summed E-state index contributed by atoms with van der Waals surface area (Å²) in [6.45, 7) is 7.24. The van der Waals surface area contributed by atoms with E-state index in [0.717, 1.165) is 12.8 Å². The Bertz CT molecular complexity index is 153. The number of aliphatic hydroxyl groups is 1. The second-order valence-corrected chi connectivity index (χ2v) is 4.37. The Morgan fingerprint density at radius 1 is 0.833 bits per heavy atom. The fourth-order valence-corrected chi connectivity index (χ4v) is 1.73. The second-order valence-electron chi connectivity index (χ2n) is 4.37. The molecule has 1 atom stereocenters. The van der Waals surface area contributed by atoms with Crippen molar-refractivity contribution in [3.05, 3.63) is 0 Å². The SMILES string of the molecule is CCCCC(CCC)OCCOCCOCCO. The largest absolute Gasteiger partial charge is 0.394 e. The highest BCUT2D eigenvalue weighted by Crippen LogP contribution is 2.10. The van der Waals surface area contributed by atoms with Gasteiger partial charge in [0.25, 0.3) is 0 Å². The van der Waals surface area contributed by atoms with Crippen molar-refractivity contribution >= 4 is 0 Å².